The molecule has 2 heterocycles. The zero-order valence-corrected chi connectivity index (χ0v) is 12.6. The molecule has 0 saturated heterocycles. The number of sulfonamides is 1. The fraction of sp³-hybridized carbons (Fsp3) is 0.364. The number of hydrogen-bond donors (Lipinski definition) is 1. The molecule has 0 bridgehead atoms. The lowest BCUT2D eigenvalue weighted by Crippen LogP contribution is -2.24. The van der Waals surface area contributed by atoms with E-state index in [1.165, 1.54) is 0 Å². The average molecular weight is 302 g/mol. The second kappa shape index (κ2) is 5.48. The second-order valence-corrected chi connectivity index (χ2v) is 7.86. The molecule has 18 heavy (non-hydrogen) atoms. The van der Waals surface area contributed by atoms with E-state index in [1.807, 2.05) is 24.4 Å². The van der Waals surface area contributed by atoms with Crippen LogP contribution in [0.4, 0.5) is 0 Å². The number of thiazole rings is 1. The summed E-state index contributed by atoms with van der Waals surface area (Å²) in [6.07, 6.45) is 0. The molecule has 0 aliphatic carbocycles. The Hall–Kier alpha value is -0.760. The minimum Gasteiger partial charge on any atom is -0.240 e. The van der Waals surface area contributed by atoms with Crippen LogP contribution in [0.5, 0.6) is 0 Å². The van der Waals surface area contributed by atoms with Crippen LogP contribution in [-0.2, 0) is 16.6 Å². The summed E-state index contributed by atoms with van der Waals surface area (Å²) in [6.45, 7) is 3.85. The largest absolute Gasteiger partial charge is 0.240 e. The van der Waals surface area contributed by atoms with Gasteiger partial charge in [0.1, 0.15) is 5.01 Å². The van der Waals surface area contributed by atoms with Crippen molar-refractivity contribution in [3.8, 4) is 9.88 Å². The molecule has 2 aromatic rings. The van der Waals surface area contributed by atoms with Gasteiger partial charge in [0.05, 0.1) is 16.3 Å². The van der Waals surface area contributed by atoms with Crippen LogP contribution in [0.2, 0.25) is 0 Å². The first kappa shape index (κ1) is 13.7. The van der Waals surface area contributed by atoms with E-state index in [2.05, 4.69) is 9.71 Å². The lowest BCUT2D eigenvalue weighted by molar-refractivity contribution is 0.583. The maximum absolute atomic E-state index is 11.4. The van der Waals surface area contributed by atoms with Crippen molar-refractivity contribution >= 4 is 32.7 Å². The molecule has 0 atom stereocenters. The smallest absolute Gasteiger partial charge is 0.211 e. The summed E-state index contributed by atoms with van der Waals surface area (Å²) in [6, 6.07) is 4.00. The van der Waals surface area contributed by atoms with Gasteiger partial charge in [-0.1, -0.05) is 6.07 Å². The fourth-order valence-corrected chi connectivity index (χ4v) is 3.83. The third-order valence-electron chi connectivity index (χ3n) is 2.46. The summed E-state index contributed by atoms with van der Waals surface area (Å²) in [5.74, 6) is 0.0998. The Bertz CT molecular complexity index is 615. The Morgan fingerprint density at radius 1 is 1.44 bits per heavy atom. The van der Waals surface area contributed by atoms with Crippen molar-refractivity contribution in [1.82, 2.24) is 9.71 Å². The maximum atomic E-state index is 11.4. The molecule has 0 radical (unpaired) electrons. The summed E-state index contributed by atoms with van der Waals surface area (Å²) in [7, 11) is -3.15. The highest BCUT2D eigenvalue weighted by molar-refractivity contribution is 7.89. The van der Waals surface area contributed by atoms with Crippen LogP contribution in [0.15, 0.2) is 17.5 Å². The monoisotopic (exact) mass is 302 g/mol. The summed E-state index contributed by atoms with van der Waals surface area (Å²) >= 11 is 3.18. The van der Waals surface area contributed by atoms with Gasteiger partial charge in [0.15, 0.2) is 0 Å². The van der Waals surface area contributed by atoms with E-state index in [0.29, 0.717) is 6.54 Å². The van der Waals surface area contributed by atoms with Crippen molar-refractivity contribution in [3.63, 3.8) is 0 Å². The molecule has 7 heteroatoms. The normalized spacial score (nSPS) is 11.9. The first-order chi connectivity index (χ1) is 8.52. The molecule has 0 aromatic carbocycles. The molecular weight excluding hydrogens is 288 g/mol. The van der Waals surface area contributed by atoms with Crippen LogP contribution in [0, 0.1) is 6.92 Å². The molecule has 1 N–H and O–H groups in total. The van der Waals surface area contributed by atoms with Gasteiger partial charge in [0.25, 0.3) is 0 Å². The summed E-state index contributed by atoms with van der Waals surface area (Å²) in [5.41, 5.74) is 0.891. The van der Waals surface area contributed by atoms with Gasteiger partial charge in [0, 0.05) is 11.4 Å². The van der Waals surface area contributed by atoms with E-state index in [-0.39, 0.29) is 5.75 Å². The van der Waals surface area contributed by atoms with Crippen molar-refractivity contribution in [2.24, 2.45) is 0 Å². The Balaban J connectivity index is 2.16. The Morgan fingerprint density at radius 3 is 2.83 bits per heavy atom. The van der Waals surface area contributed by atoms with Crippen LogP contribution in [0.3, 0.4) is 0 Å². The molecule has 0 unspecified atom stereocenters. The standard InChI is InChI=1S/C11H14N2O2S3/c1-3-18(14,15)12-7-10-8(2)13-11(17-10)9-5-4-6-16-9/h4-6,12H,3,7H2,1-2H3. The van der Waals surface area contributed by atoms with E-state index >= 15 is 0 Å². The fourth-order valence-electron chi connectivity index (χ4n) is 1.38. The maximum Gasteiger partial charge on any atom is 0.211 e. The van der Waals surface area contributed by atoms with Crippen LogP contribution in [0.25, 0.3) is 9.88 Å². The lowest BCUT2D eigenvalue weighted by Gasteiger charge is -2.02. The zero-order valence-electron chi connectivity index (χ0n) is 10.1. The summed E-state index contributed by atoms with van der Waals surface area (Å²) < 4.78 is 25.4. The number of rotatable bonds is 5. The van der Waals surface area contributed by atoms with E-state index in [9.17, 15) is 8.42 Å². The highest BCUT2D eigenvalue weighted by Crippen LogP contribution is 2.30. The Kier molecular flexibility index (Phi) is 4.16. The second-order valence-electron chi connectivity index (χ2n) is 3.73. The van der Waals surface area contributed by atoms with Gasteiger partial charge >= 0.3 is 0 Å². The quantitative estimate of drug-likeness (QED) is 0.923. The van der Waals surface area contributed by atoms with Crippen LogP contribution in [-0.4, -0.2) is 19.2 Å². The SMILES string of the molecule is CCS(=O)(=O)NCc1sc(-c2cccs2)nc1C. The van der Waals surface area contributed by atoms with Gasteiger partial charge in [-0.2, -0.15) is 0 Å². The van der Waals surface area contributed by atoms with Crippen LogP contribution in [0.1, 0.15) is 17.5 Å². The van der Waals surface area contributed by atoms with Crippen LogP contribution >= 0.6 is 22.7 Å². The molecule has 0 fully saturated rings. The molecule has 0 aliphatic heterocycles. The van der Waals surface area contributed by atoms with E-state index < -0.39 is 10.0 Å². The van der Waals surface area contributed by atoms with Gasteiger partial charge in [-0.15, -0.1) is 22.7 Å². The number of aromatic nitrogens is 1. The zero-order chi connectivity index (χ0) is 13.2. The number of thiophene rings is 1. The van der Waals surface area contributed by atoms with Crippen molar-refractivity contribution in [2.45, 2.75) is 20.4 Å². The van der Waals surface area contributed by atoms with Gasteiger partial charge in [0.2, 0.25) is 10.0 Å². The molecule has 0 aliphatic rings. The highest BCUT2D eigenvalue weighted by atomic mass is 32.2. The van der Waals surface area contributed by atoms with Gasteiger partial charge in [-0.05, 0) is 25.3 Å². The third-order valence-corrected chi connectivity index (χ3v) is 6.00. The Morgan fingerprint density at radius 2 is 2.22 bits per heavy atom. The van der Waals surface area contributed by atoms with E-state index in [0.717, 1.165) is 20.5 Å². The van der Waals surface area contributed by atoms with Crippen molar-refractivity contribution < 1.29 is 8.42 Å². The minimum absolute atomic E-state index is 0.0998. The van der Waals surface area contributed by atoms with Gasteiger partial charge < -0.3 is 0 Å². The van der Waals surface area contributed by atoms with Gasteiger partial charge in [-0.25, -0.2) is 18.1 Å². The van der Waals surface area contributed by atoms with Gasteiger partial charge in [-0.3, -0.25) is 0 Å². The molecule has 98 valence electrons. The third kappa shape index (κ3) is 3.17. The average Bonchev–Trinajstić information content (AvgIpc) is 2.95. The Labute approximate surface area is 115 Å². The molecule has 0 saturated carbocycles. The molecule has 4 nitrogen and oxygen atoms in total. The lowest BCUT2D eigenvalue weighted by atomic mass is 10.4. The van der Waals surface area contributed by atoms with Crippen LogP contribution < -0.4 is 4.72 Å². The summed E-state index contributed by atoms with van der Waals surface area (Å²) in [4.78, 5) is 6.56. The topological polar surface area (TPSA) is 59.1 Å². The highest BCUT2D eigenvalue weighted by Gasteiger charge is 2.12. The number of nitrogens with one attached hydrogen (secondary N) is 1. The van der Waals surface area contributed by atoms with Crippen molar-refractivity contribution in [3.05, 3.63) is 28.1 Å². The van der Waals surface area contributed by atoms with E-state index in [4.69, 9.17) is 0 Å². The number of aryl methyl sites for hydroxylation is 1. The molecule has 0 spiro atoms. The summed E-state index contributed by atoms with van der Waals surface area (Å²) in [5, 5.41) is 2.96. The van der Waals surface area contributed by atoms with Crippen molar-refractivity contribution in [1.29, 1.82) is 0 Å². The van der Waals surface area contributed by atoms with E-state index in [1.54, 1.807) is 29.6 Å². The first-order valence-electron chi connectivity index (χ1n) is 5.49. The predicted molar refractivity (Wildman–Crippen MR) is 76.5 cm³/mol. The molecule has 2 rings (SSSR count). The molecular formula is C11H14N2O2S3. The molecule has 2 aromatic heterocycles. The number of hydrogen-bond acceptors (Lipinski definition) is 5. The molecule has 0 amide bonds. The predicted octanol–water partition coefficient (Wildman–Crippen LogP) is 2.62. The van der Waals surface area contributed by atoms with Crippen molar-refractivity contribution in [2.75, 3.05) is 5.75 Å². The first-order valence-corrected chi connectivity index (χ1v) is 8.84. The minimum atomic E-state index is -3.15. The number of nitrogens with zero attached hydrogens (tertiary/aromatic N) is 1.